The highest BCUT2D eigenvalue weighted by molar-refractivity contribution is 7.86. The van der Waals surface area contributed by atoms with Gasteiger partial charge in [-0.1, -0.05) is 6.92 Å². The summed E-state index contributed by atoms with van der Waals surface area (Å²) in [5, 5.41) is 0. The molecule has 13 heavy (non-hydrogen) atoms. The quantitative estimate of drug-likeness (QED) is 0.652. The Morgan fingerprint density at radius 1 is 1.54 bits per heavy atom. The lowest BCUT2D eigenvalue weighted by Crippen LogP contribution is -2.47. The zero-order valence-corrected chi connectivity index (χ0v) is 9.45. The molecule has 1 aliphatic rings. The molecular formula is C10H18O2S. The number of rotatable bonds is 4. The van der Waals surface area contributed by atoms with Crippen LogP contribution in [0.2, 0.25) is 0 Å². The molecule has 0 aromatic rings. The normalized spacial score (nSPS) is 32.1. The maximum Gasteiger partial charge on any atom is 0.0947 e. The Hall–Kier alpha value is -0.310. The Balaban J connectivity index is 2.34. The fourth-order valence-corrected chi connectivity index (χ4v) is 3.27. The molecule has 0 amide bonds. The van der Waals surface area contributed by atoms with Gasteiger partial charge in [-0.2, -0.15) is 0 Å². The van der Waals surface area contributed by atoms with E-state index in [0.717, 1.165) is 24.5 Å². The van der Waals surface area contributed by atoms with Crippen molar-refractivity contribution >= 4 is 10.8 Å². The largest absolute Gasteiger partial charge is 0.501 e. The summed E-state index contributed by atoms with van der Waals surface area (Å²) in [5.41, 5.74) is 1.38. The van der Waals surface area contributed by atoms with Crippen LogP contribution in [0.3, 0.4) is 0 Å². The molecule has 0 spiro atoms. The fraction of sp³-hybridized carbons (Fsp3) is 0.800. The van der Waals surface area contributed by atoms with Gasteiger partial charge in [0.05, 0.1) is 12.9 Å². The zero-order valence-electron chi connectivity index (χ0n) is 8.63. The second kappa shape index (κ2) is 4.27. The second-order valence-corrected chi connectivity index (χ2v) is 5.55. The molecule has 3 heteroatoms. The zero-order chi connectivity index (χ0) is 9.90. The molecule has 1 fully saturated rings. The number of allylic oxidation sites excluding steroid dienone is 1. The van der Waals surface area contributed by atoms with Gasteiger partial charge < -0.3 is 4.74 Å². The van der Waals surface area contributed by atoms with Crippen LogP contribution in [-0.2, 0) is 15.5 Å². The van der Waals surface area contributed by atoms with Crippen molar-refractivity contribution in [3.05, 3.63) is 11.8 Å². The molecule has 1 heterocycles. The lowest BCUT2D eigenvalue weighted by atomic mass is 9.90. The molecule has 2 nitrogen and oxygen atoms in total. The maximum atomic E-state index is 11.0. The Labute approximate surface area is 82.8 Å². The SMILES string of the molecule is CCC1(COC=C(C)C)CS(=O)C1. The molecule has 0 N–H and O–H groups in total. The minimum absolute atomic E-state index is 0.205. The van der Waals surface area contributed by atoms with Gasteiger partial charge in [0.25, 0.3) is 0 Å². The molecule has 1 aliphatic heterocycles. The van der Waals surface area contributed by atoms with Gasteiger partial charge in [0.15, 0.2) is 0 Å². The van der Waals surface area contributed by atoms with Crippen molar-refractivity contribution < 1.29 is 8.95 Å². The van der Waals surface area contributed by atoms with Crippen molar-refractivity contribution in [1.29, 1.82) is 0 Å². The summed E-state index contributed by atoms with van der Waals surface area (Å²) in [6.07, 6.45) is 2.86. The van der Waals surface area contributed by atoms with Gasteiger partial charge in [0.1, 0.15) is 0 Å². The molecule has 76 valence electrons. The van der Waals surface area contributed by atoms with E-state index in [4.69, 9.17) is 4.74 Å². The van der Waals surface area contributed by atoms with Crippen LogP contribution in [0.15, 0.2) is 11.8 Å². The molecule has 0 aromatic heterocycles. The Kier molecular flexibility index (Phi) is 3.54. The second-order valence-electron chi connectivity index (χ2n) is 4.09. The van der Waals surface area contributed by atoms with E-state index in [2.05, 4.69) is 6.92 Å². The van der Waals surface area contributed by atoms with Gasteiger partial charge >= 0.3 is 0 Å². The molecule has 0 unspecified atom stereocenters. The molecule has 1 rings (SSSR count). The third-order valence-corrected chi connectivity index (χ3v) is 4.26. The van der Waals surface area contributed by atoms with E-state index >= 15 is 0 Å². The summed E-state index contributed by atoms with van der Waals surface area (Å²) in [5.74, 6) is 1.64. The van der Waals surface area contributed by atoms with Gasteiger partial charge in [0, 0.05) is 27.7 Å². The minimum atomic E-state index is -0.576. The summed E-state index contributed by atoms with van der Waals surface area (Å²) >= 11 is 0. The summed E-state index contributed by atoms with van der Waals surface area (Å²) in [6.45, 7) is 6.89. The first-order valence-electron chi connectivity index (χ1n) is 4.68. The van der Waals surface area contributed by atoms with Gasteiger partial charge in [-0.05, 0) is 25.8 Å². The van der Waals surface area contributed by atoms with Crippen molar-refractivity contribution in [2.24, 2.45) is 5.41 Å². The third-order valence-electron chi connectivity index (χ3n) is 2.39. The van der Waals surface area contributed by atoms with E-state index in [1.165, 1.54) is 5.57 Å². The molecular weight excluding hydrogens is 184 g/mol. The van der Waals surface area contributed by atoms with Crippen LogP contribution in [0.1, 0.15) is 27.2 Å². The summed E-state index contributed by atoms with van der Waals surface area (Å²) in [4.78, 5) is 0. The van der Waals surface area contributed by atoms with Crippen molar-refractivity contribution in [2.45, 2.75) is 27.2 Å². The standard InChI is InChI=1S/C10H18O2S/c1-4-10(7-13(11)8-10)6-12-5-9(2)3/h5H,4,6-8H2,1-3H3. The van der Waals surface area contributed by atoms with E-state index in [0.29, 0.717) is 0 Å². The van der Waals surface area contributed by atoms with Gasteiger partial charge in [-0.15, -0.1) is 0 Å². The first-order valence-corrected chi connectivity index (χ1v) is 6.17. The van der Waals surface area contributed by atoms with Gasteiger partial charge in [-0.25, -0.2) is 0 Å². The first kappa shape index (κ1) is 10.8. The topological polar surface area (TPSA) is 26.3 Å². The highest BCUT2D eigenvalue weighted by atomic mass is 32.2. The van der Waals surface area contributed by atoms with E-state index in [1.807, 2.05) is 13.8 Å². The first-order chi connectivity index (χ1) is 6.08. The van der Waals surface area contributed by atoms with Crippen molar-refractivity contribution in [2.75, 3.05) is 18.1 Å². The van der Waals surface area contributed by atoms with E-state index in [-0.39, 0.29) is 5.41 Å². The van der Waals surface area contributed by atoms with E-state index in [1.54, 1.807) is 6.26 Å². The third kappa shape index (κ3) is 2.83. The molecule has 0 bridgehead atoms. The van der Waals surface area contributed by atoms with Crippen LogP contribution in [0.5, 0.6) is 0 Å². The molecule has 0 aliphatic carbocycles. The van der Waals surface area contributed by atoms with Crippen LogP contribution in [-0.4, -0.2) is 22.3 Å². The molecule has 0 saturated carbocycles. The van der Waals surface area contributed by atoms with Crippen LogP contribution >= 0.6 is 0 Å². The smallest absolute Gasteiger partial charge is 0.0947 e. The number of hydrogen-bond donors (Lipinski definition) is 0. The summed E-state index contributed by atoms with van der Waals surface area (Å²) in [6, 6.07) is 0. The van der Waals surface area contributed by atoms with Gasteiger partial charge in [-0.3, -0.25) is 4.21 Å². The Bertz CT molecular complexity index is 221. The Morgan fingerprint density at radius 2 is 2.15 bits per heavy atom. The maximum absolute atomic E-state index is 11.0. The lowest BCUT2D eigenvalue weighted by molar-refractivity contribution is 0.128. The predicted octanol–water partition coefficient (Wildman–Crippen LogP) is 2.09. The van der Waals surface area contributed by atoms with Crippen LogP contribution < -0.4 is 0 Å². The number of hydrogen-bond acceptors (Lipinski definition) is 2. The fourth-order valence-electron chi connectivity index (χ4n) is 1.42. The van der Waals surface area contributed by atoms with Crippen LogP contribution in [0.25, 0.3) is 0 Å². The molecule has 0 aromatic carbocycles. The minimum Gasteiger partial charge on any atom is -0.501 e. The van der Waals surface area contributed by atoms with Crippen molar-refractivity contribution in [3.63, 3.8) is 0 Å². The van der Waals surface area contributed by atoms with E-state index < -0.39 is 10.8 Å². The molecule has 0 atom stereocenters. The highest BCUT2D eigenvalue weighted by Gasteiger charge is 2.41. The van der Waals surface area contributed by atoms with E-state index in [9.17, 15) is 4.21 Å². The molecule has 1 saturated heterocycles. The summed E-state index contributed by atoms with van der Waals surface area (Å²) < 4.78 is 16.5. The monoisotopic (exact) mass is 202 g/mol. The predicted molar refractivity (Wildman–Crippen MR) is 56.0 cm³/mol. The molecule has 0 radical (unpaired) electrons. The average molecular weight is 202 g/mol. The average Bonchev–Trinajstić information content (AvgIpc) is 2.00. The highest BCUT2D eigenvalue weighted by Crippen LogP contribution is 2.34. The lowest BCUT2D eigenvalue weighted by Gasteiger charge is -2.39. The van der Waals surface area contributed by atoms with Crippen molar-refractivity contribution in [1.82, 2.24) is 0 Å². The van der Waals surface area contributed by atoms with Gasteiger partial charge in [0.2, 0.25) is 0 Å². The number of ether oxygens (including phenoxy) is 1. The van der Waals surface area contributed by atoms with Crippen LogP contribution in [0, 0.1) is 5.41 Å². The Morgan fingerprint density at radius 3 is 2.54 bits per heavy atom. The summed E-state index contributed by atoms with van der Waals surface area (Å²) in [7, 11) is -0.576. The van der Waals surface area contributed by atoms with Crippen LogP contribution in [0.4, 0.5) is 0 Å². The van der Waals surface area contributed by atoms with Crippen molar-refractivity contribution in [3.8, 4) is 0 Å².